The van der Waals surface area contributed by atoms with Crippen molar-refractivity contribution in [3.8, 4) is 5.88 Å². The predicted molar refractivity (Wildman–Crippen MR) is 182 cm³/mol. The van der Waals surface area contributed by atoms with Gasteiger partial charge in [-0.25, -0.2) is 4.98 Å². The highest BCUT2D eigenvalue weighted by Crippen LogP contribution is 2.47. The lowest BCUT2D eigenvalue weighted by Gasteiger charge is -2.55. The lowest BCUT2D eigenvalue weighted by atomic mass is 9.64. The summed E-state index contributed by atoms with van der Waals surface area (Å²) < 4.78 is 12.3. The van der Waals surface area contributed by atoms with Gasteiger partial charge in [-0.3, -0.25) is 14.5 Å². The van der Waals surface area contributed by atoms with E-state index >= 15 is 0 Å². The Balaban J connectivity index is 1.30. The molecule has 2 saturated heterocycles. The molecule has 1 aromatic heterocycles. The first-order chi connectivity index (χ1) is 22.7. The monoisotopic (exact) mass is 644 g/mol. The van der Waals surface area contributed by atoms with Gasteiger partial charge in [-0.05, 0) is 76.9 Å². The third-order valence-corrected chi connectivity index (χ3v) is 11.1. The van der Waals surface area contributed by atoms with E-state index < -0.39 is 5.41 Å². The molecule has 2 aliphatic carbocycles. The number of carbonyl (C=O) groups excluding carboxylic acids is 2. The molecule has 47 heavy (non-hydrogen) atoms. The Labute approximate surface area is 279 Å². The number of ketones is 2. The van der Waals surface area contributed by atoms with Crippen LogP contribution in [-0.2, 0) is 16.1 Å². The summed E-state index contributed by atoms with van der Waals surface area (Å²) in [6.45, 7) is 9.68. The molecule has 3 atom stereocenters. The summed E-state index contributed by atoms with van der Waals surface area (Å²) in [6.07, 6.45) is 7.03. The number of aromatic nitrogens is 2. The van der Waals surface area contributed by atoms with Crippen molar-refractivity contribution in [2.45, 2.75) is 89.8 Å². The lowest BCUT2D eigenvalue weighted by Crippen LogP contribution is -2.71. The summed E-state index contributed by atoms with van der Waals surface area (Å²) in [7, 11) is 1.97. The molecule has 2 spiro atoms. The van der Waals surface area contributed by atoms with Crippen molar-refractivity contribution in [2.75, 3.05) is 51.3 Å². The van der Waals surface area contributed by atoms with E-state index in [0.29, 0.717) is 67.8 Å². The number of ether oxygens (including phenoxy) is 2. The maximum Gasteiger partial charge on any atom is 0.228 e. The number of nitrogens with one attached hydrogen (secondary N) is 1. The van der Waals surface area contributed by atoms with Gasteiger partial charge in [0.1, 0.15) is 17.7 Å². The Kier molecular flexibility index (Phi) is 10.3. The zero-order valence-electron chi connectivity index (χ0n) is 28.4. The molecular formula is C37H52N6O4. The first-order valence-electron chi connectivity index (χ1n) is 17.6. The predicted octanol–water partition coefficient (Wildman–Crippen LogP) is 4.68. The summed E-state index contributed by atoms with van der Waals surface area (Å²) >= 11 is 0. The Morgan fingerprint density at radius 1 is 1.09 bits per heavy atom. The van der Waals surface area contributed by atoms with Crippen molar-refractivity contribution in [1.29, 1.82) is 0 Å². The van der Waals surface area contributed by atoms with Crippen LogP contribution < -0.4 is 20.7 Å². The Morgan fingerprint density at radius 2 is 1.87 bits per heavy atom. The van der Waals surface area contributed by atoms with Crippen molar-refractivity contribution < 1.29 is 19.1 Å². The fraction of sp³-hybridized carbons (Fsp3) is 0.622. The van der Waals surface area contributed by atoms with Gasteiger partial charge in [0.05, 0.1) is 24.2 Å². The summed E-state index contributed by atoms with van der Waals surface area (Å²) in [4.78, 5) is 41.9. The molecule has 0 radical (unpaired) electrons. The van der Waals surface area contributed by atoms with Crippen LogP contribution in [0.1, 0.15) is 87.8 Å². The molecule has 2 aromatic rings. The fourth-order valence-electron chi connectivity index (χ4n) is 7.89. The first kappa shape index (κ1) is 33.6. The average Bonchev–Trinajstić information content (AvgIpc) is 3.06. The van der Waals surface area contributed by atoms with Crippen molar-refractivity contribution in [2.24, 2.45) is 17.1 Å². The third-order valence-electron chi connectivity index (χ3n) is 11.1. The number of hydrogen-bond acceptors (Lipinski definition) is 10. The van der Waals surface area contributed by atoms with Crippen molar-refractivity contribution in [3.05, 3.63) is 59.1 Å². The normalized spacial score (nSPS) is 24.3. The molecule has 3 heterocycles. The van der Waals surface area contributed by atoms with E-state index in [0.717, 1.165) is 64.8 Å². The zero-order valence-corrected chi connectivity index (χ0v) is 28.4. The van der Waals surface area contributed by atoms with Gasteiger partial charge >= 0.3 is 0 Å². The van der Waals surface area contributed by atoms with E-state index in [2.05, 4.69) is 53.2 Å². The largest absolute Gasteiger partial charge is 0.474 e. The highest BCUT2D eigenvalue weighted by molar-refractivity contribution is 6.08. The molecule has 4 aliphatic rings. The van der Waals surface area contributed by atoms with Gasteiger partial charge in [-0.15, -0.1) is 0 Å². The van der Waals surface area contributed by atoms with Crippen LogP contribution in [-0.4, -0.2) is 84.5 Å². The van der Waals surface area contributed by atoms with Gasteiger partial charge in [0.15, 0.2) is 0 Å². The molecule has 0 unspecified atom stereocenters. The van der Waals surface area contributed by atoms with E-state index in [9.17, 15) is 9.59 Å². The second kappa shape index (κ2) is 14.4. The fourth-order valence-corrected chi connectivity index (χ4v) is 7.89. The van der Waals surface area contributed by atoms with Crippen molar-refractivity contribution >= 4 is 17.4 Å². The minimum atomic E-state index is -0.721. The highest BCUT2D eigenvalue weighted by atomic mass is 16.5. The molecule has 1 saturated carbocycles. The quantitative estimate of drug-likeness (QED) is 0.249. The molecule has 3 N–H and O–H groups in total. The van der Waals surface area contributed by atoms with E-state index in [1.54, 1.807) is 0 Å². The minimum absolute atomic E-state index is 0.0939. The molecule has 0 amide bonds. The highest BCUT2D eigenvalue weighted by Gasteiger charge is 2.49. The number of nitrogens with two attached hydrogens (primary N) is 1. The maximum absolute atomic E-state index is 14.3. The van der Waals surface area contributed by atoms with Crippen LogP contribution in [0, 0.1) is 11.3 Å². The molecule has 2 aliphatic heterocycles. The van der Waals surface area contributed by atoms with Gasteiger partial charge in [0, 0.05) is 49.9 Å². The number of rotatable bonds is 12. The van der Waals surface area contributed by atoms with E-state index in [1.807, 2.05) is 19.2 Å². The first-order valence-corrected chi connectivity index (χ1v) is 17.6. The maximum atomic E-state index is 14.3. The number of piperazine rings is 1. The Bertz CT molecular complexity index is 1460. The van der Waals surface area contributed by atoms with Crippen LogP contribution in [0.5, 0.6) is 5.88 Å². The van der Waals surface area contributed by atoms with Gasteiger partial charge in [0.2, 0.25) is 17.5 Å². The smallest absolute Gasteiger partial charge is 0.228 e. The summed E-state index contributed by atoms with van der Waals surface area (Å²) in [5, 5.41) is 3.21. The summed E-state index contributed by atoms with van der Waals surface area (Å²) in [5.74, 6) is 1.36. The molecular weight excluding hydrogens is 592 g/mol. The lowest BCUT2D eigenvalue weighted by molar-refractivity contribution is -0.146. The van der Waals surface area contributed by atoms with E-state index in [-0.39, 0.29) is 29.0 Å². The number of anilines is 1. The van der Waals surface area contributed by atoms with Crippen molar-refractivity contribution in [3.63, 3.8) is 0 Å². The number of Topliss-reactive ketones (excluding diaryl/α,β-unsaturated/α-hetero) is 2. The van der Waals surface area contributed by atoms with E-state index in [4.69, 9.17) is 25.2 Å². The van der Waals surface area contributed by atoms with Crippen LogP contribution >= 0.6 is 0 Å². The molecule has 10 nitrogen and oxygen atoms in total. The summed E-state index contributed by atoms with van der Waals surface area (Å²) in [5.41, 5.74) is 8.14. The average molecular weight is 645 g/mol. The molecule has 10 heteroatoms. The Morgan fingerprint density at radius 3 is 2.60 bits per heavy atom. The zero-order chi connectivity index (χ0) is 33.0. The second-order valence-corrected chi connectivity index (χ2v) is 14.3. The van der Waals surface area contributed by atoms with Gasteiger partial charge in [-0.1, -0.05) is 43.7 Å². The van der Waals surface area contributed by atoms with Gasteiger partial charge < -0.3 is 25.4 Å². The second-order valence-electron chi connectivity index (χ2n) is 14.3. The molecule has 3 fully saturated rings. The molecule has 0 bridgehead atoms. The van der Waals surface area contributed by atoms with Gasteiger partial charge in [0.25, 0.3) is 0 Å². The van der Waals surface area contributed by atoms with Crippen LogP contribution in [0.4, 0.5) is 5.82 Å². The van der Waals surface area contributed by atoms with Crippen molar-refractivity contribution in [1.82, 2.24) is 20.2 Å². The number of allylic oxidation sites excluding steroid dienone is 2. The topological polar surface area (TPSA) is 123 Å². The van der Waals surface area contributed by atoms with Gasteiger partial charge in [-0.2, -0.15) is 4.98 Å². The Hall–Kier alpha value is -3.34. The number of nitrogens with zero attached hydrogens (tertiary/aromatic N) is 4. The minimum Gasteiger partial charge on any atom is -0.474 e. The van der Waals surface area contributed by atoms with Crippen LogP contribution in [0.15, 0.2) is 47.7 Å². The number of hydrogen-bond donors (Lipinski definition) is 2. The standard InChI is InChI=1S/C37H52N6O4/c1-26(11-10-18-39-3)27(2)47-32-21-31(42-19-20-43(36(23-42)24-46-25-36)22-28-12-5-4-6-13-28)40-35(41-32)33(45)29-14-9-17-37(34(29)38)16-8-7-15-30(37)44/h4-6,12-13,21,26-27,39H,7-11,14-20,22-25,38H2,1-3H3/t26-,27-,37+/m0/s1. The molecule has 6 rings (SSSR count). The van der Waals surface area contributed by atoms with E-state index in [1.165, 1.54) is 5.56 Å². The van der Waals surface area contributed by atoms with Crippen LogP contribution in [0.3, 0.4) is 0 Å². The number of benzene rings is 1. The number of carbonyl (C=O) groups is 2. The third kappa shape index (κ3) is 6.96. The summed E-state index contributed by atoms with van der Waals surface area (Å²) in [6, 6.07) is 12.4. The molecule has 254 valence electrons. The van der Waals surface area contributed by atoms with Crippen LogP contribution in [0.2, 0.25) is 0 Å². The van der Waals surface area contributed by atoms with Crippen LogP contribution in [0.25, 0.3) is 0 Å². The molecule has 1 aromatic carbocycles. The SMILES string of the molecule is CNCCC[C@H](C)[C@H](C)Oc1cc(N2CCN(Cc3ccccc3)C3(COC3)C2)nc(C(=O)C2=C(N)[C@]3(CCCCC3=O)CCC2)n1.